The zero-order valence-corrected chi connectivity index (χ0v) is 12.4. The molecule has 0 radical (unpaired) electrons. The Hall–Kier alpha value is -0.870. The van der Waals surface area contributed by atoms with Gasteiger partial charge in [-0.15, -0.1) is 0 Å². The summed E-state index contributed by atoms with van der Waals surface area (Å²) in [6, 6.07) is 0. The van der Waals surface area contributed by atoms with Crippen molar-refractivity contribution in [3.05, 3.63) is 18.0 Å². The summed E-state index contributed by atoms with van der Waals surface area (Å²) in [6.07, 6.45) is 8.25. The van der Waals surface area contributed by atoms with Crippen LogP contribution in [0.2, 0.25) is 0 Å². The Morgan fingerprint density at radius 3 is 2.58 bits per heavy atom. The first-order chi connectivity index (χ1) is 8.95. The molecule has 1 aromatic rings. The second-order valence-electron chi connectivity index (χ2n) is 6.77. The smallest absolute Gasteiger partial charge is 0.0543 e. The molecule has 0 amide bonds. The van der Waals surface area contributed by atoms with Gasteiger partial charge in [0.1, 0.15) is 0 Å². The van der Waals surface area contributed by atoms with Crippen LogP contribution in [0.15, 0.2) is 12.4 Å². The largest absolute Gasteiger partial charge is 0.393 e. The van der Waals surface area contributed by atoms with Gasteiger partial charge < -0.3 is 10.4 Å². The lowest BCUT2D eigenvalue weighted by molar-refractivity contribution is 0.108. The minimum atomic E-state index is -0.0544. The van der Waals surface area contributed by atoms with E-state index < -0.39 is 0 Å². The number of hydrogen-bond donors (Lipinski definition) is 2. The van der Waals surface area contributed by atoms with Crippen molar-refractivity contribution in [3.63, 3.8) is 0 Å². The highest BCUT2D eigenvalue weighted by atomic mass is 16.3. The molecule has 0 unspecified atom stereocenters. The molecule has 1 heterocycles. The molecule has 1 aliphatic rings. The minimum Gasteiger partial charge on any atom is -0.393 e. The van der Waals surface area contributed by atoms with E-state index in [1.807, 2.05) is 10.9 Å². The van der Waals surface area contributed by atoms with Crippen molar-refractivity contribution in [1.82, 2.24) is 15.1 Å². The predicted octanol–water partition coefficient (Wildman–Crippen LogP) is 2.28. The highest BCUT2D eigenvalue weighted by Gasteiger charge is 2.19. The van der Waals surface area contributed by atoms with Crippen molar-refractivity contribution >= 4 is 0 Å². The summed E-state index contributed by atoms with van der Waals surface area (Å²) in [6.45, 7) is 8.40. The maximum Gasteiger partial charge on any atom is 0.0543 e. The molecule has 2 rings (SSSR count). The molecule has 1 fully saturated rings. The fourth-order valence-corrected chi connectivity index (χ4v) is 2.59. The summed E-state index contributed by atoms with van der Waals surface area (Å²) in [4.78, 5) is 0. The molecule has 0 bridgehead atoms. The molecule has 0 saturated heterocycles. The molecule has 0 atom stereocenters. The average Bonchev–Trinajstić information content (AvgIpc) is 2.80. The first-order valence-corrected chi connectivity index (χ1v) is 7.38. The third-order valence-corrected chi connectivity index (χ3v) is 3.90. The monoisotopic (exact) mass is 265 g/mol. The van der Waals surface area contributed by atoms with E-state index in [0.29, 0.717) is 0 Å². The number of aliphatic hydroxyl groups excluding tert-OH is 1. The molecule has 2 N–H and O–H groups in total. The highest BCUT2D eigenvalue weighted by Crippen LogP contribution is 2.23. The van der Waals surface area contributed by atoms with Crippen LogP contribution in [0.5, 0.6) is 0 Å². The maximum atomic E-state index is 9.48. The van der Waals surface area contributed by atoms with Gasteiger partial charge in [-0.05, 0) is 58.9 Å². The molecular weight excluding hydrogens is 238 g/mol. The fourth-order valence-electron chi connectivity index (χ4n) is 2.59. The SMILES string of the molecule is CC(C)(C)n1cc(CNCC2CCC(O)CC2)cn1. The standard InChI is InChI=1S/C15H27N3O/c1-15(2,3)18-11-13(10-17-18)9-16-8-12-4-6-14(19)7-5-12/h10-12,14,16,19H,4-9H2,1-3H3. The second kappa shape index (κ2) is 6.06. The summed E-state index contributed by atoms with van der Waals surface area (Å²) in [5.74, 6) is 0.723. The lowest BCUT2D eigenvalue weighted by Gasteiger charge is -2.25. The number of hydrogen-bond acceptors (Lipinski definition) is 3. The third-order valence-electron chi connectivity index (χ3n) is 3.90. The van der Waals surface area contributed by atoms with Gasteiger partial charge in [0.05, 0.1) is 17.8 Å². The Balaban J connectivity index is 1.72. The van der Waals surface area contributed by atoms with Crippen molar-refractivity contribution in [2.75, 3.05) is 6.54 Å². The molecule has 1 aromatic heterocycles. The van der Waals surface area contributed by atoms with Gasteiger partial charge >= 0.3 is 0 Å². The van der Waals surface area contributed by atoms with Crippen LogP contribution < -0.4 is 5.32 Å². The summed E-state index contributed by atoms with van der Waals surface area (Å²) in [5.41, 5.74) is 1.29. The lowest BCUT2D eigenvalue weighted by atomic mass is 9.87. The molecule has 0 spiro atoms. The molecule has 4 nitrogen and oxygen atoms in total. The third kappa shape index (κ3) is 4.32. The maximum absolute atomic E-state index is 9.48. The van der Waals surface area contributed by atoms with E-state index in [1.165, 1.54) is 5.56 Å². The van der Waals surface area contributed by atoms with E-state index in [4.69, 9.17) is 0 Å². The van der Waals surface area contributed by atoms with Crippen LogP contribution in [0, 0.1) is 5.92 Å². The van der Waals surface area contributed by atoms with Crippen molar-refractivity contribution in [3.8, 4) is 0 Å². The Morgan fingerprint density at radius 1 is 1.32 bits per heavy atom. The van der Waals surface area contributed by atoms with Crippen molar-refractivity contribution in [2.45, 2.75) is 64.6 Å². The Kier molecular flexibility index (Phi) is 4.63. The normalized spacial score (nSPS) is 24.6. The molecule has 1 aliphatic carbocycles. The summed E-state index contributed by atoms with van der Waals surface area (Å²) < 4.78 is 2.01. The van der Waals surface area contributed by atoms with E-state index in [2.05, 4.69) is 37.4 Å². The number of nitrogens with one attached hydrogen (secondary N) is 1. The quantitative estimate of drug-likeness (QED) is 0.878. The van der Waals surface area contributed by atoms with Crippen LogP contribution in [-0.4, -0.2) is 27.5 Å². The average molecular weight is 265 g/mol. The van der Waals surface area contributed by atoms with Gasteiger partial charge in [-0.25, -0.2) is 0 Å². The van der Waals surface area contributed by atoms with Gasteiger partial charge in [-0.2, -0.15) is 5.10 Å². The topological polar surface area (TPSA) is 50.1 Å². The van der Waals surface area contributed by atoms with Gasteiger partial charge in [0.15, 0.2) is 0 Å². The first-order valence-electron chi connectivity index (χ1n) is 7.38. The summed E-state index contributed by atoms with van der Waals surface area (Å²) >= 11 is 0. The molecule has 108 valence electrons. The van der Waals surface area contributed by atoms with Gasteiger partial charge in [0.25, 0.3) is 0 Å². The fraction of sp³-hybridized carbons (Fsp3) is 0.800. The van der Waals surface area contributed by atoms with Crippen molar-refractivity contribution < 1.29 is 5.11 Å². The van der Waals surface area contributed by atoms with Gasteiger partial charge in [-0.1, -0.05) is 0 Å². The van der Waals surface area contributed by atoms with Gasteiger partial charge in [-0.3, -0.25) is 4.68 Å². The Bertz CT molecular complexity index is 386. The number of rotatable bonds is 4. The zero-order chi connectivity index (χ0) is 13.9. The molecule has 1 saturated carbocycles. The summed E-state index contributed by atoms with van der Waals surface area (Å²) in [5, 5.41) is 17.4. The molecular formula is C15H27N3O. The van der Waals surface area contributed by atoms with Crippen LogP contribution in [0.25, 0.3) is 0 Å². The van der Waals surface area contributed by atoms with Crippen molar-refractivity contribution in [1.29, 1.82) is 0 Å². The molecule has 19 heavy (non-hydrogen) atoms. The zero-order valence-electron chi connectivity index (χ0n) is 12.4. The first kappa shape index (κ1) is 14.5. The summed E-state index contributed by atoms with van der Waals surface area (Å²) in [7, 11) is 0. The van der Waals surface area contributed by atoms with Crippen LogP contribution >= 0.6 is 0 Å². The van der Waals surface area contributed by atoms with Crippen LogP contribution in [0.3, 0.4) is 0 Å². The van der Waals surface area contributed by atoms with E-state index in [1.54, 1.807) is 0 Å². The van der Waals surface area contributed by atoms with Crippen LogP contribution in [0.1, 0.15) is 52.0 Å². The number of nitrogens with zero attached hydrogens (tertiary/aromatic N) is 2. The lowest BCUT2D eigenvalue weighted by Crippen LogP contribution is -2.27. The van der Waals surface area contributed by atoms with E-state index in [-0.39, 0.29) is 11.6 Å². The molecule has 0 aromatic carbocycles. The second-order valence-corrected chi connectivity index (χ2v) is 6.77. The van der Waals surface area contributed by atoms with Crippen LogP contribution in [-0.2, 0) is 12.1 Å². The number of aliphatic hydroxyl groups is 1. The highest BCUT2D eigenvalue weighted by molar-refractivity contribution is 5.04. The molecule has 0 aliphatic heterocycles. The van der Waals surface area contributed by atoms with Crippen LogP contribution in [0.4, 0.5) is 0 Å². The number of aromatic nitrogens is 2. The van der Waals surface area contributed by atoms with Gasteiger partial charge in [0.2, 0.25) is 0 Å². The Morgan fingerprint density at radius 2 is 2.00 bits per heavy atom. The predicted molar refractivity (Wildman–Crippen MR) is 76.9 cm³/mol. The minimum absolute atomic E-state index is 0.0533. The van der Waals surface area contributed by atoms with E-state index in [9.17, 15) is 5.11 Å². The molecule has 4 heteroatoms. The van der Waals surface area contributed by atoms with Crippen molar-refractivity contribution in [2.24, 2.45) is 5.92 Å². The van der Waals surface area contributed by atoms with Gasteiger partial charge in [0, 0.05) is 18.3 Å². The Labute approximate surface area is 116 Å². The van der Waals surface area contributed by atoms with E-state index >= 15 is 0 Å². The van der Waals surface area contributed by atoms with E-state index in [0.717, 1.165) is 44.7 Å².